The lowest BCUT2D eigenvalue weighted by Gasteiger charge is -2.41. The third-order valence-corrected chi connectivity index (χ3v) is 5.83. The number of piperazine rings is 1. The number of alkyl halides is 3. The Bertz CT molecular complexity index is 1040. The fourth-order valence-corrected chi connectivity index (χ4v) is 4.21. The topological polar surface area (TPSA) is 62.7 Å². The fourth-order valence-electron chi connectivity index (χ4n) is 3.93. The van der Waals surface area contributed by atoms with Crippen molar-refractivity contribution < 1.29 is 27.5 Å². The molecule has 0 radical (unpaired) electrons. The lowest BCUT2D eigenvalue weighted by Crippen LogP contribution is -2.58. The van der Waals surface area contributed by atoms with E-state index in [4.69, 9.17) is 16.3 Å². The molecule has 0 aliphatic carbocycles. The number of aromatic nitrogens is 1. The van der Waals surface area contributed by atoms with E-state index in [-0.39, 0.29) is 23.2 Å². The highest BCUT2D eigenvalue weighted by molar-refractivity contribution is 6.33. The number of esters is 1. The minimum atomic E-state index is -4.52. The van der Waals surface area contributed by atoms with E-state index in [1.54, 1.807) is 34.9 Å². The van der Waals surface area contributed by atoms with Crippen molar-refractivity contribution >= 4 is 29.3 Å². The molecule has 1 amide bonds. The van der Waals surface area contributed by atoms with Crippen molar-refractivity contribution in [3.63, 3.8) is 0 Å². The Labute approximate surface area is 181 Å². The molecule has 31 heavy (non-hydrogen) atoms. The van der Waals surface area contributed by atoms with Crippen LogP contribution >= 0.6 is 11.6 Å². The summed E-state index contributed by atoms with van der Waals surface area (Å²) >= 11 is 6.03. The average molecular weight is 454 g/mol. The number of anilines is 1. The summed E-state index contributed by atoms with van der Waals surface area (Å²) in [5, 5.41) is -0.0978. The minimum Gasteiger partial charge on any atom is -0.445 e. The summed E-state index contributed by atoms with van der Waals surface area (Å²) < 4.78 is 44.0. The summed E-state index contributed by atoms with van der Waals surface area (Å²) in [6, 6.07) is 7.87. The van der Waals surface area contributed by atoms with E-state index in [0.29, 0.717) is 31.7 Å². The molecule has 2 aliphatic heterocycles. The van der Waals surface area contributed by atoms with Crippen LogP contribution in [0.4, 0.5) is 19.0 Å². The van der Waals surface area contributed by atoms with Gasteiger partial charge in [0.1, 0.15) is 5.82 Å². The number of fused-ring (bicyclic) bond motifs is 1. The summed E-state index contributed by atoms with van der Waals surface area (Å²) in [5.74, 6) is -0.593. The second-order valence-corrected chi connectivity index (χ2v) is 8.17. The van der Waals surface area contributed by atoms with Crippen molar-refractivity contribution in [3.05, 3.63) is 58.2 Å². The molecule has 1 saturated heterocycles. The number of pyridine rings is 1. The van der Waals surface area contributed by atoms with Crippen LogP contribution in [0.25, 0.3) is 0 Å². The second kappa shape index (κ2) is 7.71. The van der Waals surface area contributed by atoms with Crippen molar-refractivity contribution in [1.29, 1.82) is 0 Å². The van der Waals surface area contributed by atoms with Gasteiger partial charge in [-0.3, -0.25) is 4.79 Å². The molecule has 1 atom stereocenters. The zero-order valence-electron chi connectivity index (χ0n) is 16.6. The number of nitrogens with zero attached hydrogens (tertiary/aromatic N) is 3. The van der Waals surface area contributed by atoms with E-state index in [1.165, 1.54) is 0 Å². The Morgan fingerprint density at radius 1 is 1.19 bits per heavy atom. The number of hydrogen-bond acceptors (Lipinski definition) is 5. The van der Waals surface area contributed by atoms with Crippen molar-refractivity contribution in [2.45, 2.75) is 25.1 Å². The number of rotatable bonds is 2. The fraction of sp³-hybridized carbons (Fsp3) is 0.381. The Kier molecular flexibility index (Phi) is 5.33. The van der Waals surface area contributed by atoms with Crippen LogP contribution in [-0.2, 0) is 22.1 Å². The van der Waals surface area contributed by atoms with Gasteiger partial charge in [-0.05, 0) is 24.6 Å². The molecular weight excluding hydrogens is 435 g/mol. The molecule has 0 N–H and O–H groups in total. The van der Waals surface area contributed by atoms with Gasteiger partial charge >= 0.3 is 12.1 Å². The molecule has 4 rings (SSSR count). The SMILES string of the molecule is CC1(C(=O)N2CCN(c3ncc(C(F)(F)F)cc3Cl)CC2)Cc2ccccc2C(=O)O1. The minimum absolute atomic E-state index is 0.0978. The van der Waals surface area contributed by atoms with Crippen LogP contribution in [0.15, 0.2) is 36.5 Å². The number of carbonyl (C=O) groups is 2. The van der Waals surface area contributed by atoms with Crippen LogP contribution in [-0.4, -0.2) is 53.5 Å². The van der Waals surface area contributed by atoms with E-state index in [9.17, 15) is 22.8 Å². The second-order valence-electron chi connectivity index (χ2n) is 7.76. The Morgan fingerprint density at radius 2 is 1.87 bits per heavy atom. The van der Waals surface area contributed by atoms with Gasteiger partial charge in [0.15, 0.2) is 5.60 Å². The first kappa shape index (κ1) is 21.4. The summed E-state index contributed by atoms with van der Waals surface area (Å²) in [4.78, 5) is 32.7. The lowest BCUT2D eigenvalue weighted by molar-refractivity contribution is -0.151. The van der Waals surface area contributed by atoms with Crippen molar-refractivity contribution in [2.24, 2.45) is 0 Å². The number of hydrogen-bond donors (Lipinski definition) is 0. The van der Waals surface area contributed by atoms with Crippen LogP contribution in [0, 0.1) is 0 Å². The lowest BCUT2D eigenvalue weighted by atomic mass is 9.88. The quantitative estimate of drug-likeness (QED) is 0.650. The normalized spacial score (nSPS) is 21.5. The van der Waals surface area contributed by atoms with Crippen molar-refractivity contribution in [1.82, 2.24) is 9.88 Å². The van der Waals surface area contributed by atoms with Gasteiger partial charge in [-0.15, -0.1) is 0 Å². The average Bonchev–Trinajstić information content (AvgIpc) is 2.72. The van der Waals surface area contributed by atoms with Crippen LogP contribution in [0.1, 0.15) is 28.4 Å². The van der Waals surface area contributed by atoms with Gasteiger partial charge < -0.3 is 14.5 Å². The van der Waals surface area contributed by atoms with Gasteiger partial charge in [0.25, 0.3) is 5.91 Å². The molecule has 0 spiro atoms. The van der Waals surface area contributed by atoms with Crippen molar-refractivity contribution in [3.8, 4) is 0 Å². The Balaban J connectivity index is 1.45. The zero-order valence-corrected chi connectivity index (χ0v) is 17.3. The van der Waals surface area contributed by atoms with Gasteiger partial charge in [-0.25, -0.2) is 9.78 Å². The standard InChI is InChI=1S/C21H19ClF3N3O3/c1-20(11-13-4-2-3-5-15(13)18(29)31-20)19(30)28-8-6-27(7-9-28)17-16(22)10-14(12-26-17)21(23,24)25/h2-5,10,12H,6-9,11H2,1H3. The highest BCUT2D eigenvalue weighted by Gasteiger charge is 2.45. The molecular formula is C21H19ClF3N3O3. The van der Waals surface area contributed by atoms with E-state index in [2.05, 4.69) is 4.98 Å². The van der Waals surface area contributed by atoms with E-state index < -0.39 is 23.3 Å². The van der Waals surface area contributed by atoms with Gasteiger partial charge in [0.2, 0.25) is 0 Å². The molecule has 0 saturated carbocycles. The molecule has 1 aromatic carbocycles. The number of amides is 1. The molecule has 10 heteroatoms. The maximum Gasteiger partial charge on any atom is 0.417 e. The van der Waals surface area contributed by atoms with Crippen LogP contribution in [0.2, 0.25) is 5.02 Å². The number of halogens is 4. The zero-order chi connectivity index (χ0) is 22.4. The number of cyclic esters (lactones) is 1. The maximum atomic E-state index is 13.2. The first-order valence-electron chi connectivity index (χ1n) is 9.67. The molecule has 3 heterocycles. The predicted octanol–water partition coefficient (Wildman–Crippen LogP) is 3.57. The maximum absolute atomic E-state index is 13.2. The summed E-state index contributed by atoms with van der Waals surface area (Å²) in [6.45, 7) is 2.87. The number of ether oxygens (including phenoxy) is 1. The molecule has 1 aromatic heterocycles. The monoisotopic (exact) mass is 453 g/mol. The van der Waals surface area contributed by atoms with Crippen LogP contribution in [0.5, 0.6) is 0 Å². The molecule has 1 fully saturated rings. The molecule has 2 aromatic rings. The van der Waals surface area contributed by atoms with Gasteiger partial charge in [0, 0.05) is 38.8 Å². The highest BCUT2D eigenvalue weighted by atomic mass is 35.5. The Hall–Kier alpha value is -2.81. The van der Waals surface area contributed by atoms with E-state index >= 15 is 0 Å². The molecule has 0 bridgehead atoms. The molecule has 1 unspecified atom stereocenters. The van der Waals surface area contributed by atoms with Crippen LogP contribution in [0.3, 0.4) is 0 Å². The highest BCUT2D eigenvalue weighted by Crippen LogP contribution is 2.34. The predicted molar refractivity (Wildman–Crippen MR) is 107 cm³/mol. The van der Waals surface area contributed by atoms with Crippen LogP contribution < -0.4 is 4.90 Å². The largest absolute Gasteiger partial charge is 0.445 e. The van der Waals surface area contributed by atoms with Gasteiger partial charge in [-0.2, -0.15) is 13.2 Å². The first-order valence-corrected chi connectivity index (χ1v) is 10.0. The summed E-state index contributed by atoms with van der Waals surface area (Å²) in [6.07, 6.45) is -3.50. The van der Waals surface area contributed by atoms with Crippen molar-refractivity contribution in [2.75, 3.05) is 31.1 Å². The van der Waals surface area contributed by atoms with Gasteiger partial charge in [-0.1, -0.05) is 29.8 Å². The molecule has 164 valence electrons. The summed E-state index contributed by atoms with van der Waals surface area (Å²) in [5.41, 5.74) is -1.00. The van der Waals surface area contributed by atoms with E-state index in [0.717, 1.165) is 17.8 Å². The first-order chi connectivity index (χ1) is 14.6. The smallest absolute Gasteiger partial charge is 0.417 e. The third-order valence-electron chi connectivity index (χ3n) is 5.55. The molecule has 6 nitrogen and oxygen atoms in total. The third kappa shape index (κ3) is 4.06. The summed E-state index contributed by atoms with van der Waals surface area (Å²) in [7, 11) is 0. The number of benzene rings is 1. The van der Waals surface area contributed by atoms with E-state index in [1.807, 2.05) is 6.07 Å². The van der Waals surface area contributed by atoms with Gasteiger partial charge in [0.05, 0.1) is 16.1 Å². The molecule has 2 aliphatic rings. The number of carbonyl (C=O) groups excluding carboxylic acids is 2. The Morgan fingerprint density at radius 3 is 2.52 bits per heavy atom.